The van der Waals surface area contributed by atoms with Crippen LogP contribution in [0.15, 0.2) is 24.3 Å². The van der Waals surface area contributed by atoms with E-state index in [0.717, 1.165) is 39.3 Å². The summed E-state index contributed by atoms with van der Waals surface area (Å²) >= 11 is -1.44. The Balaban J connectivity index is -0.000000122. The standard InChI is InChI=1S/C8H13Ge.3C4H10N.Zr/c1-9(2,3)8-6-4-5-7-8;3*1-3-5-4-2;/h4-7H,1-3H3;3*3-4H2,1-2H3;/q4*-1;+4. The van der Waals surface area contributed by atoms with Gasteiger partial charge in [-0.15, -0.1) is 0 Å². The molecule has 0 aromatic heterocycles. The van der Waals surface area contributed by atoms with Crippen LogP contribution in [0.25, 0.3) is 16.0 Å². The van der Waals surface area contributed by atoms with Gasteiger partial charge in [0.25, 0.3) is 0 Å². The van der Waals surface area contributed by atoms with Crippen LogP contribution in [0.5, 0.6) is 0 Å². The zero-order valence-corrected chi connectivity index (χ0v) is 22.9. The van der Waals surface area contributed by atoms with Crippen molar-refractivity contribution in [1.82, 2.24) is 0 Å². The van der Waals surface area contributed by atoms with E-state index in [-0.39, 0.29) is 26.2 Å². The second kappa shape index (κ2) is 26.9. The van der Waals surface area contributed by atoms with Crippen LogP contribution in [0, 0.1) is 0 Å². The van der Waals surface area contributed by atoms with E-state index >= 15 is 0 Å². The summed E-state index contributed by atoms with van der Waals surface area (Å²) in [6.45, 7) is 18.1. The number of rotatable bonds is 7. The third-order valence-corrected chi connectivity index (χ3v) is 7.20. The van der Waals surface area contributed by atoms with Gasteiger partial charge < -0.3 is 16.0 Å². The van der Waals surface area contributed by atoms with Crippen molar-refractivity contribution >= 4 is 17.7 Å². The van der Waals surface area contributed by atoms with Crippen molar-refractivity contribution in [3.05, 3.63) is 40.2 Å². The van der Waals surface area contributed by atoms with Crippen LogP contribution >= 0.6 is 0 Å². The van der Waals surface area contributed by atoms with Gasteiger partial charge in [-0.05, 0) is 0 Å². The molecular formula is C20H43GeN3Zr. The Bertz CT molecular complexity index is 278. The first-order valence-corrected chi connectivity index (χ1v) is 16.8. The third kappa shape index (κ3) is 32.8. The molecule has 0 heterocycles. The first-order chi connectivity index (χ1) is 11.3. The molecule has 0 saturated heterocycles. The largest absolute Gasteiger partial charge is 4.00 e. The molecule has 0 fully saturated rings. The van der Waals surface area contributed by atoms with E-state index in [4.69, 9.17) is 0 Å². The predicted octanol–water partition coefficient (Wildman–Crippen LogP) is 6.15. The van der Waals surface area contributed by atoms with Crippen molar-refractivity contribution in [2.45, 2.75) is 58.8 Å². The molecule has 1 aromatic carbocycles. The van der Waals surface area contributed by atoms with Crippen LogP contribution in [0.1, 0.15) is 41.5 Å². The average Bonchev–Trinajstić information content (AvgIpc) is 3.06. The zero-order valence-electron chi connectivity index (χ0n) is 18.4. The Hall–Kier alpha value is 0.656. The minimum atomic E-state index is -1.44. The second-order valence-corrected chi connectivity index (χ2v) is 16.6. The molecule has 0 amide bonds. The summed E-state index contributed by atoms with van der Waals surface area (Å²) in [5, 5.41) is 11.9. The zero-order chi connectivity index (χ0) is 19.3. The van der Waals surface area contributed by atoms with Gasteiger partial charge in [0.1, 0.15) is 0 Å². The van der Waals surface area contributed by atoms with Gasteiger partial charge in [-0.25, -0.2) is 0 Å². The maximum Gasteiger partial charge on any atom is 4.00 e. The fourth-order valence-electron chi connectivity index (χ4n) is 1.54. The van der Waals surface area contributed by atoms with Crippen LogP contribution < -0.4 is 4.40 Å². The molecule has 5 heteroatoms. The Kier molecular flexibility index (Phi) is 35.8. The fourth-order valence-corrected chi connectivity index (χ4v) is 4.05. The van der Waals surface area contributed by atoms with E-state index in [0.29, 0.717) is 0 Å². The van der Waals surface area contributed by atoms with Crippen molar-refractivity contribution in [3.63, 3.8) is 0 Å². The summed E-state index contributed by atoms with van der Waals surface area (Å²) < 4.78 is 1.61. The Morgan fingerprint density at radius 3 is 0.920 bits per heavy atom. The molecule has 0 radical (unpaired) electrons. The summed E-state index contributed by atoms with van der Waals surface area (Å²) in [5.41, 5.74) is 0. The molecule has 0 unspecified atom stereocenters. The molecule has 0 bridgehead atoms. The van der Waals surface area contributed by atoms with E-state index in [1.807, 2.05) is 41.5 Å². The van der Waals surface area contributed by atoms with Gasteiger partial charge >= 0.3 is 85.4 Å². The SMILES string of the molecule is CC[N-]CC.CC[N-]CC.CC[N-]CC.[CH3][Ge]([CH3])([CH3])[c-]1cccc1.[Zr+4]. The van der Waals surface area contributed by atoms with E-state index in [1.54, 1.807) is 4.40 Å². The van der Waals surface area contributed by atoms with Gasteiger partial charge in [0.2, 0.25) is 0 Å². The van der Waals surface area contributed by atoms with Gasteiger partial charge in [-0.1, -0.05) is 41.5 Å². The van der Waals surface area contributed by atoms with Crippen molar-refractivity contribution in [2.24, 2.45) is 0 Å². The van der Waals surface area contributed by atoms with E-state index in [1.165, 1.54) is 0 Å². The summed E-state index contributed by atoms with van der Waals surface area (Å²) in [5.74, 6) is 7.24. The first-order valence-electron chi connectivity index (χ1n) is 9.47. The molecule has 1 rings (SSSR count). The third-order valence-electron chi connectivity index (χ3n) is 2.87. The Morgan fingerprint density at radius 1 is 0.600 bits per heavy atom. The van der Waals surface area contributed by atoms with Gasteiger partial charge in [-0.2, -0.15) is 39.3 Å². The van der Waals surface area contributed by atoms with Gasteiger partial charge in [-0.3, -0.25) is 0 Å². The molecular weight excluding hydrogens is 446 g/mol. The van der Waals surface area contributed by atoms with E-state index < -0.39 is 13.3 Å². The second-order valence-electron chi connectivity index (χ2n) is 5.99. The molecule has 0 atom stereocenters. The molecule has 0 spiro atoms. The Morgan fingerprint density at radius 2 is 0.840 bits per heavy atom. The van der Waals surface area contributed by atoms with Gasteiger partial charge in [0.05, 0.1) is 0 Å². The number of hydrogen-bond acceptors (Lipinski definition) is 0. The molecule has 1 aromatic rings. The molecule has 0 aliphatic heterocycles. The topological polar surface area (TPSA) is 42.3 Å². The number of hydrogen-bond donors (Lipinski definition) is 0. The molecule has 0 saturated carbocycles. The molecule has 146 valence electrons. The Labute approximate surface area is 181 Å². The molecule has 0 N–H and O–H groups in total. The summed E-state index contributed by atoms with van der Waals surface area (Å²) in [6, 6.07) is 8.76. The summed E-state index contributed by atoms with van der Waals surface area (Å²) in [4.78, 5) is 0. The summed E-state index contributed by atoms with van der Waals surface area (Å²) in [7, 11) is 0. The van der Waals surface area contributed by atoms with Gasteiger partial charge in [0, 0.05) is 0 Å². The van der Waals surface area contributed by atoms with E-state index in [2.05, 4.69) is 57.5 Å². The van der Waals surface area contributed by atoms with Crippen LogP contribution in [-0.4, -0.2) is 52.5 Å². The predicted molar refractivity (Wildman–Crippen MR) is 118 cm³/mol. The van der Waals surface area contributed by atoms with Crippen LogP contribution in [0.3, 0.4) is 0 Å². The van der Waals surface area contributed by atoms with Crippen molar-refractivity contribution in [2.75, 3.05) is 39.3 Å². The average molecular weight is 489 g/mol. The van der Waals surface area contributed by atoms with Crippen molar-refractivity contribution < 1.29 is 26.2 Å². The smallest absolute Gasteiger partial charge is 4.00 e. The maximum atomic E-state index is 3.97. The maximum absolute atomic E-state index is 3.97. The fraction of sp³-hybridized carbons (Fsp3) is 0.750. The van der Waals surface area contributed by atoms with Crippen LogP contribution in [0.4, 0.5) is 0 Å². The summed E-state index contributed by atoms with van der Waals surface area (Å²) in [6.07, 6.45) is 0. The monoisotopic (exact) mass is 489 g/mol. The quantitative estimate of drug-likeness (QED) is 0.326. The minimum Gasteiger partial charge on any atom is 4.00 e. The van der Waals surface area contributed by atoms with Crippen LogP contribution in [0.2, 0.25) is 17.3 Å². The van der Waals surface area contributed by atoms with Crippen molar-refractivity contribution in [3.8, 4) is 0 Å². The molecule has 0 aliphatic carbocycles. The van der Waals surface area contributed by atoms with Gasteiger partial charge in [0.15, 0.2) is 0 Å². The van der Waals surface area contributed by atoms with E-state index in [9.17, 15) is 0 Å². The normalized spacial score (nSPS) is 9.32. The minimum absolute atomic E-state index is 0. The molecule has 25 heavy (non-hydrogen) atoms. The number of nitrogens with zero attached hydrogens (tertiary/aromatic N) is 3. The van der Waals surface area contributed by atoms with Crippen molar-refractivity contribution in [1.29, 1.82) is 0 Å². The molecule has 3 nitrogen and oxygen atoms in total. The molecule has 0 aliphatic rings. The first kappa shape index (κ1) is 33.3. The van der Waals surface area contributed by atoms with Crippen LogP contribution in [-0.2, 0) is 26.2 Å².